The van der Waals surface area contributed by atoms with Gasteiger partial charge < -0.3 is 15.2 Å². The molecular weight excluding hydrogens is 572 g/mol. The van der Waals surface area contributed by atoms with Gasteiger partial charge in [0.2, 0.25) is 5.60 Å². The fraction of sp³-hybridized carbons (Fsp3) is 0.370. The number of halogens is 5. The number of amides is 2. The Morgan fingerprint density at radius 1 is 1.23 bits per heavy atom. The summed E-state index contributed by atoms with van der Waals surface area (Å²) in [5.41, 5.74) is -2.21. The van der Waals surface area contributed by atoms with Crippen LogP contribution in [0.3, 0.4) is 0 Å². The molecule has 4 atom stereocenters. The summed E-state index contributed by atoms with van der Waals surface area (Å²) in [6.45, 7) is 1.74. The van der Waals surface area contributed by atoms with E-state index in [9.17, 15) is 27.9 Å². The molecule has 2 aromatic carbocycles. The zero-order valence-electron chi connectivity index (χ0n) is 21.2. The van der Waals surface area contributed by atoms with E-state index in [-0.39, 0.29) is 65.1 Å². The van der Waals surface area contributed by atoms with Crippen molar-refractivity contribution in [1.29, 1.82) is 0 Å². The van der Waals surface area contributed by atoms with E-state index >= 15 is 0 Å². The Labute approximate surface area is 237 Å². The van der Waals surface area contributed by atoms with Gasteiger partial charge in [-0.2, -0.15) is 5.10 Å². The number of hydrogen-bond donors (Lipinski definition) is 2. The maximum Gasteiger partial charge on any atom is 0.270 e. The van der Waals surface area contributed by atoms with Crippen molar-refractivity contribution in [3.05, 3.63) is 81.2 Å². The first-order chi connectivity index (χ1) is 19.0. The normalized spacial score (nSPS) is 24.9. The quantitative estimate of drug-likeness (QED) is 0.317. The Morgan fingerprint density at radius 2 is 2.00 bits per heavy atom. The van der Waals surface area contributed by atoms with Crippen molar-refractivity contribution in [1.82, 2.24) is 15.1 Å². The number of aromatic nitrogens is 2. The van der Waals surface area contributed by atoms with Crippen molar-refractivity contribution in [2.75, 3.05) is 18.1 Å². The average molecular weight is 597 g/mol. The van der Waals surface area contributed by atoms with E-state index in [0.29, 0.717) is 6.42 Å². The first kappa shape index (κ1) is 28.4. The predicted octanol–water partition coefficient (Wildman–Crippen LogP) is 4.73. The summed E-state index contributed by atoms with van der Waals surface area (Å²) in [6.07, 6.45) is 1.38. The number of aliphatic hydroxyl groups is 1. The highest BCUT2D eigenvalue weighted by atomic mass is 35.5. The van der Waals surface area contributed by atoms with Crippen LogP contribution in [-0.2, 0) is 20.9 Å². The molecule has 2 N–H and O–H groups in total. The lowest BCUT2D eigenvalue weighted by Gasteiger charge is -2.35. The van der Waals surface area contributed by atoms with Crippen LogP contribution in [0.1, 0.15) is 43.0 Å². The third-order valence-electron chi connectivity index (χ3n) is 7.32. The van der Waals surface area contributed by atoms with Crippen LogP contribution < -0.4 is 10.2 Å². The van der Waals surface area contributed by atoms with Gasteiger partial charge in [-0.25, -0.2) is 13.2 Å². The summed E-state index contributed by atoms with van der Waals surface area (Å²) in [4.78, 5) is 27.1. The molecule has 8 nitrogen and oxygen atoms in total. The van der Waals surface area contributed by atoms with Crippen molar-refractivity contribution in [3.8, 4) is 0 Å². The van der Waals surface area contributed by atoms with E-state index < -0.39 is 41.0 Å². The zero-order valence-corrected chi connectivity index (χ0v) is 22.7. The van der Waals surface area contributed by atoms with Gasteiger partial charge in [0.05, 0.1) is 23.8 Å². The zero-order chi connectivity index (χ0) is 28.8. The van der Waals surface area contributed by atoms with Gasteiger partial charge >= 0.3 is 0 Å². The molecule has 0 saturated carbocycles. The van der Waals surface area contributed by atoms with Crippen LogP contribution in [0.25, 0.3) is 0 Å². The van der Waals surface area contributed by atoms with Gasteiger partial charge in [0.1, 0.15) is 17.5 Å². The molecule has 0 spiro atoms. The van der Waals surface area contributed by atoms with Gasteiger partial charge in [0.25, 0.3) is 11.8 Å². The van der Waals surface area contributed by atoms with Crippen molar-refractivity contribution < 1.29 is 32.6 Å². The third-order valence-corrected chi connectivity index (χ3v) is 7.81. The fourth-order valence-corrected chi connectivity index (χ4v) is 5.72. The van der Waals surface area contributed by atoms with E-state index in [1.807, 2.05) is 6.92 Å². The van der Waals surface area contributed by atoms with Crippen LogP contribution in [0.15, 0.2) is 42.6 Å². The molecule has 13 heteroatoms. The van der Waals surface area contributed by atoms with E-state index in [0.717, 1.165) is 18.2 Å². The van der Waals surface area contributed by atoms with Gasteiger partial charge in [0, 0.05) is 47.9 Å². The van der Waals surface area contributed by atoms with Gasteiger partial charge in [-0.3, -0.25) is 19.2 Å². The molecule has 2 fully saturated rings. The van der Waals surface area contributed by atoms with Crippen LogP contribution in [-0.4, -0.2) is 45.5 Å². The maximum absolute atomic E-state index is 14.3. The molecule has 3 heterocycles. The molecular formula is C27H25Cl2F3N4O4. The van der Waals surface area contributed by atoms with E-state index in [4.69, 9.17) is 27.9 Å². The van der Waals surface area contributed by atoms with Crippen LogP contribution in [0.5, 0.6) is 0 Å². The second kappa shape index (κ2) is 11.0. The lowest BCUT2D eigenvalue weighted by atomic mass is 9.89. The second-order valence-corrected chi connectivity index (χ2v) is 10.9. The highest BCUT2D eigenvalue weighted by Gasteiger charge is 2.52. The fourth-order valence-electron chi connectivity index (χ4n) is 5.18. The molecule has 2 aliphatic rings. The first-order valence-electron chi connectivity index (χ1n) is 12.6. The van der Waals surface area contributed by atoms with E-state index in [1.165, 1.54) is 17.0 Å². The Bertz CT molecular complexity index is 1470. The standard InChI is InChI=1S/C27H25Cl2F3N4O4/c1-14-8-18(13-40-24(14)19-11-17(30)2-3-21(19)31)36-6-4-22(34-36)35-7-5-27(39,26(35)38)25(37)33-12-15-9-16(28)10-20(29)23(15)32/h2-4,6,9-11,14,18,24,39H,5,7-8,12-13H2,1H3,(H,33,37)/t14-,18+,24-,27?/m0/s1. The molecule has 2 saturated heterocycles. The molecule has 1 aromatic heterocycles. The summed E-state index contributed by atoms with van der Waals surface area (Å²) < 4.78 is 49.7. The smallest absolute Gasteiger partial charge is 0.270 e. The second-order valence-electron chi connectivity index (χ2n) is 10.1. The topological polar surface area (TPSA) is 96.7 Å². The van der Waals surface area contributed by atoms with Crippen molar-refractivity contribution in [2.45, 2.75) is 44.1 Å². The monoisotopic (exact) mass is 596 g/mol. The minimum Gasteiger partial charge on any atom is -0.372 e. The molecule has 1 unspecified atom stereocenters. The Balaban J connectivity index is 1.23. The van der Waals surface area contributed by atoms with Gasteiger partial charge in [0.15, 0.2) is 5.82 Å². The summed E-state index contributed by atoms with van der Waals surface area (Å²) in [7, 11) is 0. The first-order valence-corrected chi connectivity index (χ1v) is 13.3. The molecule has 2 aliphatic heterocycles. The van der Waals surface area contributed by atoms with Gasteiger partial charge in [-0.05, 0) is 42.7 Å². The summed E-state index contributed by atoms with van der Waals surface area (Å²) in [5, 5.41) is 17.7. The summed E-state index contributed by atoms with van der Waals surface area (Å²) in [5.74, 6) is -3.64. The molecule has 5 rings (SSSR count). The minimum atomic E-state index is -2.37. The Morgan fingerprint density at radius 3 is 2.75 bits per heavy atom. The van der Waals surface area contributed by atoms with Crippen molar-refractivity contribution in [2.24, 2.45) is 5.92 Å². The molecule has 0 bridgehead atoms. The molecule has 212 valence electrons. The number of nitrogens with zero attached hydrogens (tertiary/aromatic N) is 3. The SMILES string of the molecule is C[C@H]1C[C@@H](n2ccc(N3CCC(O)(C(=O)NCc4cc(Cl)cc(Cl)c4F)C3=O)n2)CO[C@@H]1c1cc(F)ccc1F. The number of rotatable bonds is 6. The maximum atomic E-state index is 14.3. The third kappa shape index (κ3) is 5.30. The number of nitrogens with one attached hydrogen (secondary N) is 1. The molecule has 3 aromatic rings. The van der Waals surface area contributed by atoms with E-state index in [1.54, 1.807) is 16.9 Å². The minimum absolute atomic E-state index is 0.00167. The molecule has 0 aliphatic carbocycles. The van der Waals surface area contributed by atoms with Crippen LogP contribution in [0.4, 0.5) is 19.0 Å². The lowest BCUT2D eigenvalue weighted by Crippen LogP contribution is -2.52. The van der Waals surface area contributed by atoms with Crippen molar-refractivity contribution >= 4 is 40.8 Å². The molecule has 40 heavy (non-hydrogen) atoms. The van der Waals surface area contributed by atoms with Crippen molar-refractivity contribution in [3.63, 3.8) is 0 Å². The highest BCUT2D eigenvalue weighted by molar-refractivity contribution is 6.34. The van der Waals surface area contributed by atoms with Crippen LogP contribution in [0.2, 0.25) is 10.0 Å². The number of ether oxygens (including phenoxy) is 1. The summed E-state index contributed by atoms with van der Waals surface area (Å²) in [6, 6.07) is 7.11. The number of anilines is 1. The number of benzene rings is 2. The molecule has 0 radical (unpaired) electrons. The van der Waals surface area contributed by atoms with E-state index in [2.05, 4.69) is 10.4 Å². The Hall–Kier alpha value is -3.12. The highest BCUT2D eigenvalue weighted by Crippen LogP contribution is 2.39. The predicted molar refractivity (Wildman–Crippen MR) is 140 cm³/mol. The average Bonchev–Trinajstić information content (AvgIpc) is 3.52. The number of hydrogen-bond acceptors (Lipinski definition) is 5. The Kier molecular flexibility index (Phi) is 7.84. The number of carbonyl (C=O) groups excluding carboxylic acids is 2. The largest absolute Gasteiger partial charge is 0.372 e. The lowest BCUT2D eigenvalue weighted by molar-refractivity contribution is -0.149. The van der Waals surface area contributed by atoms with Gasteiger partial charge in [-0.1, -0.05) is 30.1 Å². The van der Waals surface area contributed by atoms with Crippen LogP contribution in [0, 0.1) is 23.4 Å². The van der Waals surface area contributed by atoms with Gasteiger partial charge in [-0.15, -0.1) is 0 Å². The molecule has 2 amide bonds. The van der Waals surface area contributed by atoms with Crippen LogP contribution >= 0.6 is 23.2 Å². The number of carbonyl (C=O) groups is 2. The summed E-state index contributed by atoms with van der Waals surface area (Å²) >= 11 is 11.7.